The van der Waals surface area contributed by atoms with Crippen LogP contribution in [0.1, 0.15) is 11.1 Å². The fraction of sp³-hybridized carbons (Fsp3) is 0.0769. The van der Waals surface area contributed by atoms with E-state index in [1.807, 2.05) is 28.8 Å². The number of nitrogens with zero attached hydrogens (tertiary/aromatic N) is 1. The monoisotopic (exact) mass is 244 g/mol. The van der Waals surface area contributed by atoms with E-state index in [1.165, 1.54) is 12.1 Å². The highest BCUT2D eigenvalue weighted by molar-refractivity contribution is 7.80. The van der Waals surface area contributed by atoms with Crippen molar-refractivity contribution >= 4 is 17.2 Å². The maximum atomic E-state index is 11.0. The van der Waals surface area contributed by atoms with Gasteiger partial charge in [0.1, 0.15) is 4.99 Å². The second-order valence-electron chi connectivity index (χ2n) is 3.73. The van der Waals surface area contributed by atoms with Gasteiger partial charge in [0.25, 0.3) is 0 Å². The number of pyridine rings is 1. The van der Waals surface area contributed by atoms with E-state index in [4.69, 9.17) is 18.0 Å². The zero-order chi connectivity index (χ0) is 12.3. The molecule has 0 atom stereocenters. The smallest absolute Gasteiger partial charge is 0.181 e. The van der Waals surface area contributed by atoms with Crippen molar-refractivity contribution in [3.63, 3.8) is 0 Å². The molecular formula is C13H12N2OS. The van der Waals surface area contributed by atoms with Crippen LogP contribution in [0.2, 0.25) is 0 Å². The van der Waals surface area contributed by atoms with Gasteiger partial charge in [0.15, 0.2) is 5.43 Å². The van der Waals surface area contributed by atoms with E-state index in [-0.39, 0.29) is 5.43 Å². The molecule has 17 heavy (non-hydrogen) atoms. The molecule has 0 aliphatic heterocycles. The van der Waals surface area contributed by atoms with Crippen LogP contribution >= 0.6 is 12.2 Å². The van der Waals surface area contributed by atoms with Crippen molar-refractivity contribution in [2.24, 2.45) is 5.73 Å². The number of hydrogen-bond donors (Lipinski definition) is 1. The number of nitrogens with two attached hydrogens (primary N) is 1. The third kappa shape index (κ3) is 2.79. The molecule has 0 bridgehead atoms. The summed E-state index contributed by atoms with van der Waals surface area (Å²) in [6, 6.07) is 10.8. The highest BCUT2D eigenvalue weighted by Crippen LogP contribution is 2.10. The molecule has 0 saturated carbocycles. The van der Waals surface area contributed by atoms with Crippen LogP contribution in [0.15, 0.2) is 53.6 Å². The first kappa shape index (κ1) is 11.5. The number of hydrogen-bond acceptors (Lipinski definition) is 2. The summed E-state index contributed by atoms with van der Waals surface area (Å²) in [5.41, 5.74) is 7.59. The largest absolute Gasteiger partial charge is 0.389 e. The average Bonchev–Trinajstić information content (AvgIpc) is 2.32. The summed E-state index contributed by atoms with van der Waals surface area (Å²) in [4.78, 5) is 11.4. The van der Waals surface area contributed by atoms with Crippen molar-refractivity contribution < 1.29 is 0 Å². The van der Waals surface area contributed by atoms with Gasteiger partial charge in [-0.3, -0.25) is 4.79 Å². The van der Waals surface area contributed by atoms with Crippen molar-refractivity contribution in [3.05, 3.63) is 70.1 Å². The summed E-state index contributed by atoms with van der Waals surface area (Å²) < 4.78 is 1.92. The van der Waals surface area contributed by atoms with Gasteiger partial charge in [0.05, 0.1) is 0 Å². The maximum Gasteiger partial charge on any atom is 0.181 e. The normalized spacial score (nSPS) is 10.1. The van der Waals surface area contributed by atoms with E-state index in [0.29, 0.717) is 11.5 Å². The van der Waals surface area contributed by atoms with Gasteiger partial charge in [-0.1, -0.05) is 36.5 Å². The third-order valence-corrected chi connectivity index (χ3v) is 2.72. The fourth-order valence-corrected chi connectivity index (χ4v) is 1.84. The minimum atomic E-state index is 0.00359. The summed E-state index contributed by atoms with van der Waals surface area (Å²) in [7, 11) is 0. The van der Waals surface area contributed by atoms with Crippen LogP contribution in [0.5, 0.6) is 0 Å². The molecule has 0 unspecified atom stereocenters. The minimum Gasteiger partial charge on any atom is -0.389 e. The van der Waals surface area contributed by atoms with Crippen LogP contribution in [0.25, 0.3) is 0 Å². The molecule has 3 nitrogen and oxygen atoms in total. The molecule has 2 aromatic rings. The lowest BCUT2D eigenvalue weighted by Gasteiger charge is -2.10. The lowest BCUT2D eigenvalue weighted by atomic mass is 10.1. The fourth-order valence-electron chi connectivity index (χ4n) is 1.64. The minimum absolute atomic E-state index is 0.00359. The average molecular weight is 244 g/mol. The summed E-state index contributed by atoms with van der Waals surface area (Å²) in [6.45, 7) is 0.647. The first-order chi connectivity index (χ1) is 8.16. The summed E-state index contributed by atoms with van der Waals surface area (Å²) in [5, 5.41) is 0. The third-order valence-electron chi connectivity index (χ3n) is 2.50. The second kappa shape index (κ2) is 4.93. The Balaban J connectivity index is 2.33. The van der Waals surface area contributed by atoms with Gasteiger partial charge in [0, 0.05) is 36.6 Å². The van der Waals surface area contributed by atoms with E-state index in [2.05, 4.69) is 0 Å². The quantitative estimate of drug-likeness (QED) is 0.833. The molecule has 86 valence electrons. The van der Waals surface area contributed by atoms with E-state index in [1.54, 1.807) is 12.4 Å². The maximum absolute atomic E-state index is 11.0. The molecule has 0 saturated heterocycles. The number of benzene rings is 1. The Hall–Kier alpha value is -1.94. The molecule has 0 radical (unpaired) electrons. The Morgan fingerprint density at radius 3 is 2.47 bits per heavy atom. The highest BCUT2D eigenvalue weighted by atomic mass is 32.1. The van der Waals surface area contributed by atoms with Gasteiger partial charge < -0.3 is 10.3 Å². The molecule has 0 spiro atoms. The van der Waals surface area contributed by atoms with E-state index in [0.717, 1.165) is 11.1 Å². The highest BCUT2D eigenvalue weighted by Gasteiger charge is 2.03. The van der Waals surface area contributed by atoms with Gasteiger partial charge >= 0.3 is 0 Å². The van der Waals surface area contributed by atoms with Crippen LogP contribution in [0.4, 0.5) is 0 Å². The van der Waals surface area contributed by atoms with Gasteiger partial charge in [-0.2, -0.15) is 0 Å². The Morgan fingerprint density at radius 2 is 1.82 bits per heavy atom. The van der Waals surface area contributed by atoms with Crippen molar-refractivity contribution in [3.8, 4) is 0 Å². The van der Waals surface area contributed by atoms with Crippen LogP contribution in [-0.2, 0) is 6.54 Å². The van der Waals surface area contributed by atoms with Crippen molar-refractivity contribution in [1.82, 2.24) is 4.57 Å². The van der Waals surface area contributed by atoms with Crippen LogP contribution < -0.4 is 11.2 Å². The molecular weight excluding hydrogens is 232 g/mol. The Kier molecular flexibility index (Phi) is 3.35. The zero-order valence-corrected chi connectivity index (χ0v) is 9.98. The summed E-state index contributed by atoms with van der Waals surface area (Å²) in [5.74, 6) is 0. The van der Waals surface area contributed by atoms with E-state index in [9.17, 15) is 4.79 Å². The molecule has 4 heteroatoms. The first-order valence-electron chi connectivity index (χ1n) is 5.20. The Bertz CT molecular complexity index is 584. The van der Waals surface area contributed by atoms with Gasteiger partial charge in [-0.05, 0) is 5.56 Å². The molecule has 1 aromatic heterocycles. The van der Waals surface area contributed by atoms with E-state index < -0.39 is 0 Å². The van der Waals surface area contributed by atoms with E-state index >= 15 is 0 Å². The lowest BCUT2D eigenvalue weighted by Crippen LogP contribution is -2.14. The Morgan fingerprint density at radius 1 is 1.18 bits per heavy atom. The molecule has 2 N–H and O–H groups in total. The zero-order valence-electron chi connectivity index (χ0n) is 9.17. The molecule has 1 heterocycles. The molecule has 0 aliphatic carbocycles. The lowest BCUT2D eigenvalue weighted by molar-refractivity contribution is 0.787. The van der Waals surface area contributed by atoms with Gasteiger partial charge in [0.2, 0.25) is 0 Å². The predicted octanol–water partition coefficient (Wildman–Crippen LogP) is 1.53. The first-order valence-corrected chi connectivity index (χ1v) is 5.61. The molecule has 2 rings (SSSR count). The molecule has 0 amide bonds. The predicted molar refractivity (Wildman–Crippen MR) is 72.1 cm³/mol. The number of aromatic nitrogens is 1. The topological polar surface area (TPSA) is 48.0 Å². The Labute approximate surface area is 105 Å². The van der Waals surface area contributed by atoms with Crippen molar-refractivity contribution in [1.29, 1.82) is 0 Å². The van der Waals surface area contributed by atoms with Gasteiger partial charge in [-0.15, -0.1) is 0 Å². The van der Waals surface area contributed by atoms with Crippen LogP contribution in [-0.4, -0.2) is 9.56 Å². The second-order valence-corrected chi connectivity index (χ2v) is 4.17. The van der Waals surface area contributed by atoms with Crippen LogP contribution in [0.3, 0.4) is 0 Å². The molecule has 0 fully saturated rings. The molecule has 0 aliphatic rings. The number of rotatable bonds is 3. The SMILES string of the molecule is NC(=S)c1ccccc1Cn1ccc(=O)cc1. The van der Waals surface area contributed by atoms with Crippen molar-refractivity contribution in [2.75, 3.05) is 0 Å². The van der Waals surface area contributed by atoms with Crippen LogP contribution in [0, 0.1) is 0 Å². The van der Waals surface area contributed by atoms with Crippen molar-refractivity contribution in [2.45, 2.75) is 6.54 Å². The van der Waals surface area contributed by atoms with Gasteiger partial charge in [-0.25, -0.2) is 0 Å². The summed E-state index contributed by atoms with van der Waals surface area (Å²) >= 11 is 5.01. The standard InChI is InChI=1S/C13H12N2OS/c14-13(17)12-4-2-1-3-10(12)9-15-7-5-11(16)6-8-15/h1-8H,9H2,(H2,14,17). The number of thiocarbonyl (C=S) groups is 1. The molecule has 1 aromatic carbocycles. The summed E-state index contributed by atoms with van der Waals surface area (Å²) in [6.07, 6.45) is 3.50.